The number of nitrogens with zero attached hydrogens (tertiary/aromatic N) is 6. The highest BCUT2D eigenvalue weighted by molar-refractivity contribution is 7.92. The van der Waals surface area contributed by atoms with Crippen LogP contribution in [0.5, 0.6) is 0 Å². The largest absolute Gasteiger partial charge is 0.394 e. The molecule has 0 bridgehead atoms. The highest BCUT2D eigenvalue weighted by Gasteiger charge is 2.24. The molecular formula is C26H31N7O3S. The first-order valence-electron chi connectivity index (χ1n) is 12.2. The number of rotatable bonds is 9. The van der Waals surface area contributed by atoms with E-state index in [1.54, 1.807) is 12.1 Å². The zero-order valence-corrected chi connectivity index (χ0v) is 21.5. The zero-order chi connectivity index (χ0) is 25.8. The van der Waals surface area contributed by atoms with Gasteiger partial charge in [-0.2, -0.15) is 4.98 Å². The van der Waals surface area contributed by atoms with Crippen molar-refractivity contribution in [2.45, 2.75) is 6.54 Å². The second kappa shape index (κ2) is 10.9. The van der Waals surface area contributed by atoms with E-state index in [4.69, 9.17) is 9.97 Å². The number of aliphatic hydroxyl groups is 1. The fraction of sp³-hybridized carbons (Fsp3) is 0.308. The van der Waals surface area contributed by atoms with Crippen molar-refractivity contribution in [2.75, 3.05) is 54.9 Å². The van der Waals surface area contributed by atoms with E-state index >= 15 is 0 Å². The molecule has 0 radical (unpaired) electrons. The number of sulfonamides is 1. The summed E-state index contributed by atoms with van der Waals surface area (Å²) in [5.74, 6) is 0.576. The second-order valence-electron chi connectivity index (χ2n) is 8.93. The number of nitrogens with one attached hydrogen (secondary N) is 1. The number of hydrogen-bond donors (Lipinski definition) is 2. The van der Waals surface area contributed by atoms with Crippen LogP contribution in [-0.2, 0) is 16.6 Å². The Hall–Kier alpha value is -3.51. The molecule has 194 valence electrons. The average Bonchev–Trinajstić information content (AvgIpc) is 3.30. The number of hydrazine groups is 1. The van der Waals surface area contributed by atoms with Crippen molar-refractivity contribution in [3.05, 3.63) is 78.6 Å². The van der Waals surface area contributed by atoms with Crippen LogP contribution in [0.1, 0.15) is 5.56 Å². The molecule has 0 saturated carbocycles. The first kappa shape index (κ1) is 25.2. The molecular weight excluding hydrogens is 490 g/mol. The molecule has 0 spiro atoms. The van der Waals surface area contributed by atoms with Crippen LogP contribution in [0.3, 0.4) is 0 Å². The van der Waals surface area contributed by atoms with Crippen molar-refractivity contribution in [2.24, 2.45) is 0 Å². The van der Waals surface area contributed by atoms with Crippen LogP contribution in [-0.4, -0.2) is 78.7 Å². The number of piperazine rings is 1. The summed E-state index contributed by atoms with van der Waals surface area (Å²) in [5, 5.41) is 18.1. The molecule has 2 aromatic heterocycles. The molecule has 37 heavy (non-hydrogen) atoms. The minimum absolute atomic E-state index is 0.00861. The lowest BCUT2D eigenvalue weighted by Crippen LogP contribution is -2.51. The van der Waals surface area contributed by atoms with Gasteiger partial charge in [0.25, 0.3) is 0 Å². The van der Waals surface area contributed by atoms with Crippen LogP contribution in [0, 0.1) is 0 Å². The van der Waals surface area contributed by atoms with Crippen LogP contribution in [0.4, 0.5) is 17.3 Å². The van der Waals surface area contributed by atoms with Gasteiger partial charge in [-0.15, -0.1) is 0 Å². The summed E-state index contributed by atoms with van der Waals surface area (Å²) in [6.07, 6.45) is 4.92. The predicted octanol–water partition coefficient (Wildman–Crippen LogP) is 2.20. The van der Waals surface area contributed by atoms with Gasteiger partial charge in [-0.3, -0.25) is 4.31 Å². The molecule has 5 rings (SSSR count). The fourth-order valence-corrected chi connectivity index (χ4v) is 5.59. The van der Waals surface area contributed by atoms with E-state index in [2.05, 4.69) is 15.3 Å². The van der Waals surface area contributed by atoms with Gasteiger partial charge in [-0.25, -0.2) is 23.4 Å². The van der Waals surface area contributed by atoms with Gasteiger partial charge in [0.2, 0.25) is 16.0 Å². The van der Waals surface area contributed by atoms with Gasteiger partial charge < -0.3 is 15.0 Å². The maximum atomic E-state index is 12.5. The van der Waals surface area contributed by atoms with Gasteiger partial charge in [0.1, 0.15) is 5.65 Å². The van der Waals surface area contributed by atoms with Crippen molar-refractivity contribution in [1.29, 1.82) is 0 Å². The number of para-hydroxylation sites is 2. The topological polar surface area (TPSA) is 107 Å². The lowest BCUT2D eigenvalue weighted by molar-refractivity contribution is 0.240. The van der Waals surface area contributed by atoms with Crippen LogP contribution in [0.2, 0.25) is 0 Å². The predicted molar refractivity (Wildman–Crippen MR) is 145 cm³/mol. The van der Waals surface area contributed by atoms with Crippen molar-refractivity contribution in [1.82, 2.24) is 24.9 Å². The average molecular weight is 522 g/mol. The summed E-state index contributed by atoms with van der Waals surface area (Å²) in [6, 6.07) is 19.4. The smallest absolute Gasteiger partial charge is 0.247 e. The third-order valence-electron chi connectivity index (χ3n) is 6.36. The number of fused-ring (bicyclic) bond motifs is 1. The third-order valence-corrected chi connectivity index (χ3v) is 7.54. The number of aromatic nitrogens is 3. The molecule has 3 heterocycles. The van der Waals surface area contributed by atoms with Gasteiger partial charge in [0.15, 0.2) is 0 Å². The monoisotopic (exact) mass is 521 g/mol. The van der Waals surface area contributed by atoms with Crippen molar-refractivity contribution >= 4 is 38.4 Å². The fourth-order valence-electron chi connectivity index (χ4n) is 4.65. The lowest BCUT2D eigenvalue weighted by atomic mass is 10.1. The van der Waals surface area contributed by atoms with E-state index in [9.17, 15) is 13.5 Å². The summed E-state index contributed by atoms with van der Waals surface area (Å²) in [7, 11) is -3.56. The summed E-state index contributed by atoms with van der Waals surface area (Å²) >= 11 is 0. The Morgan fingerprint density at radius 1 is 1.03 bits per heavy atom. The number of anilines is 3. The van der Waals surface area contributed by atoms with E-state index in [0.717, 1.165) is 54.7 Å². The Morgan fingerprint density at radius 2 is 1.76 bits per heavy atom. The van der Waals surface area contributed by atoms with Gasteiger partial charge >= 0.3 is 0 Å². The van der Waals surface area contributed by atoms with E-state index in [-0.39, 0.29) is 13.2 Å². The lowest BCUT2D eigenvalue weighted by Gasteiger charge is -2.37. The van der Waals surface area contributed by atoms with Crippen LogP contribution < -0.4 is 14.6 Å². The number of hydrogen-bond acceptors (Lipinski definition) is 8. The summed E-state index contributed by atoms with van der Waals surface area (Å²) < 4.78 is 28.2. The molecule has 4 aromatic rings. The highest BCUT2D eigenvalue weighted by Crippen LogP contribution is 2.28. The minimum atomic E-state index is -3.56. The number of benzene rings is 2. The molecule has 1 aliphatic heterocycles. The van der Waals surface area contributed by atoms with Gasteiger partial charge in [-0.1, -0.05) is 36.4 Å². The van der Waals surface area contributed by atoms with Crippen LogP contribution >= 0.6 is 0 Å². The zero-order valence-electron chi connectivity index (χ0n) is 20.7. The Kier molecular flexibility index (Phi) is 7.38. The highest BCUT2D eigenvalue weighted by atomic mass is 32.2. The van der Waals surface area contributed by atoms with Crippen LogP contribution in [0.15, 0.2) is 73.1 Å². The summed E-state index contributed by atoms with van der Waals surface area (Å²) in [5.41, 5.74) is 3.09. The standard InChI is InChI=1S/C26H31N7O3S/c1-37(35,36)32(17-18-34)24-10-6-5-7-22(24)20-30-14-11-21-19-28-26(29-25(21)30)33(23-8-3-2-4-9-23)31-15-12-27-13-16-31/h2-11,14,19,27,34H,12-13,15-18,20H2,1H3. The van der Waals surface area contributed by atoms with Crippen molar-refractivity contribution in [3.63, 3.8) is 0 Å². The maximum Gasteiger partial charge on any atom is 0.247 e. The Morgan fingerprint density at radius 3 is 2.49 bits per heavy atom. The molecule has 0 unspecified atom stereocenters. The van der Waals surface area contributed by atoms with E-state index in [0.29, 0.717) is 18.2 Å². The quantitative estimate of drug-likeness (QED) is 0.345. The molecule has 1 aliphatic rings. The summed E-state index contributed by atoms with van der Waals surface area (Å²) in [6.45, 7) is 3.55. The molecule has 11 heteroatoms. The molecule has 0 aliphatic carbocycles. The molecule has 10 nitrogen and oxygen atoms in total. The Balaban J connectivity index is 1.54. The second-order valence-corrected chi connectivity index (χ2v) is 10.8. The van der Waals surface area contributed by atoms with Crippen molar-refractivity contribution in [3.8, 4) is 0 Å². The molecule has 2 aromatic carbocycles. The maximum absolute atomic E-state index is 12.5. The van der Waals surface area contributed by atoms with Crippen LogP contribution in [0.25, 0.3) is 11.0 Å². The molecule has 1 saturated heterocycles. The van der Waals surface area contributed by atoms with E-state index in [1.165, 1.54) is 4.31 Å². The van der Waals surface area contributed by atoms with Gasteiger partial charge in [0.05, 0.1) is 37.3 Å². The normalized spacial score (nSPS) is 14.6. The summed E-state index contributed by atoms with van der Waals surface area (Å²) in [4.78, 5) is 9.69. The SMILES string of the molecule is CS(=O)(=O)N(CCO)c1ccccc1Cn1ccc2cnc(N(c3ccccc3)N3CCNCC3)nc21. The molecule has 2 N–H and O–H groups in total. The van der Waals surface area contributed by atoms with E-state index < -0.39 is 10.0 Å². The first-order chi connectivity index (χ1) is 18.0. The van der Waals surface area contributed by atoms with Gasteiger partial charge in [0, 0.05) is 44.0 Å². The molecule has 1 fully saturated rings. The third kappa shape index (κ3) is 5.44. The van der Waals surface area contributed by atoms with Crippen molar-refractivity contribution < 1.29 is 13.5 Å². The van der Waals surface area contributed by atoms with E-state index in [1.807, 2.05) is 65.5 Å². The Labute approximate surface area is 216 Å². The molecule has 0 atom stereocenters. The first-order valence-corrected chi connectivity index (χ1v) is 14.1. The molecule has 0 amide bonds. The van der Waals surface area contributed by atoms with Gasteiger partial charge in [-0.05, 0) is 29.8 Å². The number of aliphatic hydroxyl groups excluding tert-OH is 1. The minimum Gasteiger partial charge on any atom is -0.394 e. The Bertz CT molecular complexity index is 1450.